The Morgan fingerprint density at radius 1 is 1.29 bits per heavy atom. The molecule has 2 aromatic heterocycles. The highest BCUT2D eigenvalue weighted by Crippen LogP contribution is 2.32. The molecule has 2 bridgehead atoms. The van der Waals surface area contributed by atoms with Crippen LogP contribution in [0.1, 0.15) is 30.3 Å². The Morgan fingerprint density at radius 2 is 2.08 bits per heavy atom. The lowest BCUT2D eigenvalue weighted by Crippen LogP contribution is -2.62. The Morgan fingerprint density at radius 3 is 2.79 bits per heavy atom. The number of rotatable bonds is 3. The average molecular weight is 329 g/mol. The predicted molar refractivity (Wildman–Crippen MR) is 86.9 cm³/mol. The molecule has 1 amide bonds. The lowest BCUT2D eigenvalue weighted by molar-refractivity contribution is 0.0211. The van der Waals surface area contributed by atoms with Gasteiger partial charge in [-0.25, -0.2) is 4.98 Å². The minimum absolute atomic E-state index is 0.154. The highest BCUT2D eigenvalue weighted by Gasteiger charge is 2.40. The zero-order valence-corrected chi connectivity index (χ0v) is 13.5. The number of carbonyl (C=O) groups is 1. The number of furan rings is 1. The molecule has 1 N–H and O–H groups in total. The molecule has 0 spiro atoms. The van der Waals surface area contributed by atoms with E-state index in [9.17, 15) is 9.18 Å². The third-order valence-corrected chi connectivity index (χ3v) is 5.27. The quantitative estimate of drug-likeness (QED) is 0.880. The highest BCUT2D eigenvalue weighted by atomic mass is 19.1. The van der Waals surface area contributed by atoms with E-state index in [2.05, 4.69) is 22.1 Å². The van der Waals surface area contributed by atoms with Crippen LogP contribution in [-0.4, -0.2) is 41.0 Å². The molecule has 0 saturated carbocycles. The maximum absolute atomic E-state index is 13.2. The Hall–Kier alpha value is -2.21. The number of hydrogen-bond donors (Lipinski definition) is 1. The van der Waals surface area contributed by atoms with Crippen molar-refractivity contribution in [3.8, 4) is 11.5 Å². The lowest BCUT2D eigenvalue weighted by atomic mass is 9.79. The summed E-state index contributed by atoms with van der Waals surface area (Å²) in [4.78, 5) is 18.7. The summed E-state index contributed by atoms with van der Waals surface area (Å²) >= 11 is 0. The molecule has 0 unspecified atom stereocenters. The van der Waals surface area contributed by atoms with E-state index >= 15 is 0 Å². The first kappa shape index (κ1) is 15.3. The summed E-state index contributed by atoms with van der Waals surface area (Å²) < 4.78 is 18.8. The molecule has 6 heteroatoms. The molecule has 5 nitrogen and oxygen atoms in total. The van der Waals surface area contributed by atoms with Crippen LogP contribution in [0.25, 0.3) is 11.5 Å². The second kappa shape index (κ2) is 6.02. The van der Waals surface area contributed by atoms with E-state index in [1.54, 1.807) is 24.3 Å². The minimum Gasteiger partial charge on any atom is -0.449 e. The molecule has 5 rings (SSSR count). The molecule has 3 aliphatic rings. The van der Waals surface area contributed by atoms with Crippen molar-refractivity contribution in [2.45, 2.75) is 31.8 Å². The van der Waals surface area contributed by atoms with Gasteiger partial charge in [-0.2, -0.15) is 4.39 Å². The fourth-order valence-corrected chi connectivity index (χ4v) is 3.91. The molecule has 2 atom stereocenters. The second-order valence-electron chi connectivity index (χ2n) is 6.62. The topological polar surface area (TPSA) is 58.4 Å². The van der Waals surface area contributed by atoms with E-state index < -0.39 is 5.95 Å². The van der Waals surface area contributed by atoms with Gasteiger partial charge in [-0.05, 0) is 63.0 Å². The minimum atomic E-state index is -0.573. The summed E-state index contributed by atoms with van der Waals surface area (Å²) in [5.41, 5.74) is 0.380. The normalized spacial score (nSPS) is 28.8. The van der Waals surface area contributed by atoms with Crippen LogP contribution < -0.4 is 5.32 Å². The van der Waals surface area contributed by atoms with Crippen molar-refractivity contribution in [3.63, 3.8) is 0 Å². The monoisotopic (exact) mass is 329 g/mol. The van der Waals surface area contributed by atoms with E-state index in [0.29, 0.717) is 23.4 Å². The van der Waals surface area contributed by atoms with Crippen LogP contribution in [-0.2, 0) is 0 Å². The summed E-state index contributed by atoms with van der Waals surface area (Å²) in [6, 6.07) is 8.25. The number of halogens is 1. The smallest absolute Gasteiger partial charge is 0.287 e. The summed E-state index contributed by atoms with van der Waals surface area (Å²) in [6.45, 7) is 4.41. The highest BCUT2D eigenvalue weighted by molar-refractivity contribution is 5.92. The summed E-state index contributed by atoms with van der Waals surface area (Å²) in [5.74, 6) is 0.369. The van der Waals surface area contributed by atoms with Crippen LogP contribution in [0.3, 0.4) is 0 Å². The number of carbonyl (C=O) groups excluding carboxylic acids is 1. The number of pyridine rings is 1. The fraction of sp³-hybridized carbons (Fsp3) is 0.444. The summed E-state index contributed by atoms with van der Waals surface area (Å²) in [6.07, 6.45) is 2.26. The number of fused-ring (bicyclic) bond motifs is 3. The standard InChI is InChI=1S/C18H20FN3O2/c1-11-17(12-7-9-22(11)10-8-12)21-18(23)15-6-5-14(24-15)13-3-2-4-16(19)20-13/h2-6,11-12,17H,7-10H2,1H3,(H,21,23)/t11-,17-/m0/s1. The van der Waals surface area contributed by atoms with E-state index in [1.807, 2.05) is 0 Å². The van der Waals surface area contributed by atoms with Crippen molar-refractivity contribution < 1.29 is 13.6 Å². The first-order valence-electron chi connectivity index (χ1n) is 8.39. The van der Waals surface area contributed by atoms with Crippen molar-refractivity contribution >= 4 is 5.91 Å². The first-order valence-corrected chi connectivity index (χ1v) is 8.39. The van der Waals surface area contributed by atoms with Crippen LogP contribution in [0.2, 0.25) is 0 Å². The summed E-state index contributed by atoms with van der Waals surface area (Å²) in [5, 5.41) is 3.12. The molecule has 5 heterocycles. The van der Waals surface area contributed by atoms with Crippen LogP contribution in [0, 0.1) is 11.9 Å². The predicted octanol–water partition coefficient (Wildman–Crippen LogP) is 2.69. The molecular weight excluding hydrogens is 309 g/mol. The van der Waals surface area contributed by atoms with Crippen LogP contribution in [0.15, 0.2) is 34.7 Å². The van der Waals surface area contributed by atoms with Gasteiger partial charge in [-0.15, -0.1) is 0 Å². The third-order valence-electron chi connectivity index (χ3n) is 5.27. The summed E-state index contributed by atoms with van der Waals surface area (Å²) in [7, 11) is 0. The van der Waals surface area contributed by atoms with Crippen molar-refractivity contribution in [2.24, 2.45) is 5.92 Å². The van der Waals surface area contributed by atoms with Gasteiger partial charge < -0.3 is 9.73 Å². The molecule has 3 saturated heterocycles. The van der Waals surface area contributed by atoms with Crippen molar-refractivity contribution in [3.05, 3.63) is 42.0 Å². The van der Waals surface area contributed by atoms with E-state index in [1.165, 1.54) is 6.07 Å². The Kier molecular flexibility index (Phi) is 3.84. The van der Waals surface area contributed by atoms with Gasteiger partial charge in [0.2, 0.25) is 5.95 Å². The maximum atomic E-state index is 13.2. The SMILES string of the molecule is C[C@H]1[C@H](NC(=O)c2ccc(-c3cccc(F)n3)o2)C2CCN1CC2. The van der Waals surface area contributed by atoms with Gasteiger partial charge in [0.1, 0.15) is 5.69 Å². The molecule has 0 aromatic carbocycles. The zero-order valence-electron chi connectivity index (χ0n) is 13.5. The number of amides is 1. The van der Waals surface area contributed by atoms with Crippen LogP contribution in [0.4, 0.5) is 4.39 Å². The van der Waals surface area contributed by atoms with Gasteiger partial charge in [0.05, 0.1) is 0 Å². The lowest BCUT2D eigenvalue weighted by Gasteiger charge is -2.49. The van der Waals surface area contributed by atoms with E-state index in [-0.39, 0.29) is 17.7 Å². The molecular formula is C18H20FN3O2. The molecule has 24 heavy (non-hydrogen) atoms. The number of piperidine rings is 3. The second-order valence-corrected chi connectivity index (χ2v) is 6.62. The Balaban J connectivity index is 1.49. The average Bonchev–Trinajstić information content (AvgIpc) is 3.09. The molecule has 0 radical (unpaired) electrons. The molecule has 3 fully saturated rings. The third kappa shape index (κ3) is 2.71. The van der Waals surface area contributed by atoms with Crippen molar-refractivity contribution in [1.82, 2.24) is 15.2 Å². The first-order chi connectivity index (χ1) is 11.6. The van der Waals surface area contributed by atoms with Crippen LogP contribution >= 0.6 is 0 Å². The number of hydrogen-bond acceptors (Lipinski definition) is 4. The molecule has 0 aliphatic carbocycles. The van der Waals surface area contributed by atoms with Gasteiger partial charge in [0, 0.05) is 12.1 Å². The van der Waals surface area contributed by atoms with Gasteiger partial charge in [0.15, 0.2) is 11.5 Å². The van der Waals surface area contributed by atoms with E-state index in [4.69, 9.17) is 4.42 Å². The fourth-order valence-electron chi connectivity index (χ4n) is 3.91. The van der Waals surface area contributed by atoms with Crippen LogP contribution in [0.5, 0.6) is 0 Å². The van der Waals surface area contributed by atoms with Gasteiger partial charge in [-0.3, -0.25) is 9.69 Å². The number of nitrogens with zero attached hydrogens (tertiary/aromatic N) is 2. The van der Waals surface area contributed by atoms with Gasteiger partial charge >= 0.3 is 0 Å². The number of aromatic nitrogens is 1. The number of nitrogens with one attached hydrogen (secondary N) is 1. The van der Waals surface area contributed by atoms with E-state index in [0.717, 1.165) is 25.9 Å². The zero-order chi connectivity index (χ0) is 16.7. The van der Waals surface area contributed by atoms with Crippen molar-refractivity contribution in [1.29, 1.82) is 0 Å². The largest absolute Gasteiger partial charge is 0.449 e. The Bertz CT molecular complexity index is 750. The Labute approximate surface area is 139 Å². The molecule has 2 aromatic rings. The molecule has 126 valence electrons. The van der Waals surface area contributed by atoms with Gasteiger partial charge in [-0.1, -0.05) is 6.07 Å². The van der Waals surface area contributed by atoms with Crippen molar-refractivity contribution in [2.75, 3.05) is 13.1 Å². The maximum Gasteiger partial charge on any atom is 0.287 e. The van der Waals surface area contributed by atoms with Gasteiger partial charge in [0.25, 0.3) is 5.91 Å². The molecule has 3 aliphatic heterocycles.